The van der Waals surface area contributed by atoms with Crippen LogP contribution in [0.5, 0.6) is 5.75 Å². The molecule has 2 aliphatic heterocycles. The highest BCUT2D eigenvalue weighted by Crippen LogP contribution is 2.30. The van der Waals surface area contributed by atoms with Gasteiger partial charge in [-0.3, -0.25) is 0 Å². The van der Waals surface area contributed by atoms with E-state index in [9.17, 15) is 4.39 Å². The quantitative estimate of drug-likeness (QED) is 0.755. The van der Waals surface area contributed by atoms with Gasteiger partial charge in [-0.2, -0.15) is 5.26 Å². The number of methoxy groups -OCH3 is 1. The minimum atomic E-state index is -0.381. The number of halogens is 1. The molecule has 0 saturated carbocycles. The Morgan fingerprint density at radius 1 is 1.20 bits per heavy atom. The molecule has 2 fully saturated rings. The highest BCUT2D eigenvalue weighted by Gasteiger charge is 2.41. The number of nitrogens with one attached hydrogen (secondary N) is 1. The number of nitrogens with zero attached hydrogens (tertiary/aromatic N) is 2. The zero-order valence-corrected chi connectivity index (χ0v) is 17.1. The molecule has 6 nitrogen and oxygen atoms in total. The Morgan fingerprint density at radius 3 is 2.50 bits per heavy atom. The van der Waals surface area contributed by atoms with Crippen LogP contribution in [-0.2, 0) is 16.0 Å². The molecule has 4 rings (SSSR count). The smallest absolute Gasteiger partial charge is 0.165 e. The maximum Gasteiger partial charge on any atom is 0.165 e. The van der Waals surface area contributed by atoms with Gasteiger partial charge in [-0.15, -0.1) is 0 Å². The van der Waals surface area contributed by atoms with Gasteiger partial charge in [0.05, 0.1) is 32.0 Å². The van der Waals surface area contributed by atoms with Crippen LogP contribution in [-0.4, -0.2) is 46.2 Å². The van der Waals surface area contributed by atoms with Gasteiger partial charge in [-0.1, -0.05) is 6.07 Å². The molecule has 2 heterocycles. The van der Waals surface area contributed by atoms with Gasteiger partial charge in [0, 0.05) is 43.7 Å². The Labute approximate surface area is 176 Å². The van der Waals surface area contributed by atoms with E-state index in [1.807, 2.05) is 18.2 Å². The Morgan fingerprint density at radius 2 is 1.93 bits per heavy atom. The van der Waals surface area contributed by atoms with Crippen LogP contribution in [0, 0.1) is 22.6 Å². The molecule has 0 unspecified atom stereocenters. The van der Waals surface area contributed by atoms with Crippen molar-refractivity contribution in [3.05, 3.63) is 59.4 Å². The van der Waals surface area contributed by atoms with Crippen LogP contribution in [0.2, 0.25) is 0 Å². The molecule has 0 aliphatic carbocycles. The van der Waals surface area contributed by atoms with Gasteiger partial charge < -0.3 is 24.4 Å². The molecule has 7 heteroatoms. The van der Waals surface area contributed by atoms with Crippen molar-refractivity contribution >= 4 is 5.69 Å². The fourth-order valence-electron chi connectivity index (χ4n) is 3.81. The highest BCUT2D eigenvalue weighted by atomic mass is 19.1. The summed E-state index contributed by atoms with van der Waals surface area (Å²) in [7, 11) is 1.45. The Kier molecular flexibility index (Phi) is 6.18. The standard InChI is InChI=1S/C23H26FN3O3/c1-28-21-7-4-18(10-20(21)24)12-27(19-5-2-17(11-25)3-6-19)9-8-22-29-15-23(16-30-22)13-26-14-23/h2-7,10,22,26H,8-9,12-16H2,1H3. The first-order chi connectivity index (χ1) is 14.6. The van der Waals surface area contributed by atoms with Crippen molar-refractivity contribution in [2.24, 2.45) is 5.41 Å². The average molecular weight is 411 g/mol. The summed E-state index contributed by atoms with van der Waals surface area (Å²) in [5, 5.41) is 12.3. The summed E-state index contributed by atoms with van der Waals surface area (Å²) in [5.74, 6) is -0.153. The van der Waals surface area contributed by atoms with Gasteiger partial charge in [0.25, 0.3) is 0 Å². The van der Waals surface area contributed by atoms with Crippen molar-refractivity contribution in [3.63, 3.8) is 0 Å². The molecule has 2 saturated heterocycles. The summed E-state index contributed by atoms with van der Waals surface area (Å²) in [5.41, 5.74) is 2.54. The minimum absolute atomic E-state index is 0.143. The molecule has 0 amide bonds. The normalized spacial score (nSPS) is 17.9. The zero-order valence-electron chi connectivity index (χ0n) is 17.1. The number of nitriles is 1. The molecule has 0 atom stereocenters. The predicted molar refractivity (Wildman–Crippen MR) is 111 cm³/mol. The Hall–Kier alpha value is -2.66. The molecular formula is C23H26FN3O3. The van der Waals surface area contributed by atoms with Gasteiger partial charge >= 0.3 is 0 Å². The molecule has 2 aliphatic rings. The van der Waals surface area contributed by atoms with Crippen LogP contribution < -0.4 is 15.0 Å². The molecule has 1 spiro atoms. The van der Waals surface area contributed by atoms with Gasteiger partial charge in [0.15, 0.2) is 17.9 Å². The fraction of sp³-hybridized carbons (Fsp3) is 0.435. The number of anilines is 1. The van der Waals surface area contributed by atoms with Crippen molar-refractivity contribution in [3.8, 4) is 11.8 Å². The van der Waals surface area contributed by atoms with Gasteiger partial charge in [-0.05, 0) is 42.0 Å². The molecule has 158 valence electrons. The molecular weight excluding hydrogens is 385 g/mol. The zero-order chi connectivity index (χ0) is 21.0. The highest BCUT2D eigenvalue weighted by molar-refractivity contribution is 5.50. The van der Waals surface area contributed by atoms with Crippen LogP contribution in [0.3, 0.4) is 0 Å². The van der Waals surface area contributed by atoms with Crippen LogP contribution in [0.25, 0.3) is 0 Å². The minimum Gasteiger partial charge on any atom is -0.494 e. The first-order valence-corrected chi connectivity index (χ1v) is 10.1. The van der Waals surface area contributed by atoms with Gasteiger partial charge in [0.2, 0.25) is 0 Å². The third-order valence-corrected chi connectivity index (χ3v) is 5.74. The van der Waals surface area contributed by atoms with E-state index in [2.05, 4.69) is 16.3 Å². The maximum atomic E-state index is 14.2. The van der Waals surface area contributed by atoms with Gasteiger partial charge in [-0.25, -0.2) is 4.39 Å². The van der Waals surface area contributed by atoms with E-state index in [0.29, 0.717) is 38.3 Å². The molecule has 0 bridgehead atoms. The van der Waals surface area contributed by atoms with Crippen molar-refractivity contribution < 1.29 is 18.6 Å². The summed E-state index contributed by atoms with van der Waals surface area (Å²) >= 11 is 0. The summed E-state index contributed by atoms with van der Waals surface area (Å²) < 4.78 is 31.1. The molecule has 30 heavy (non-hydrogen) atoms. The van der Waals surface area contributed by atoms with Gasteiger partial charge in [0.1, 0.15) is 0 Å². The third kappa shape index (κ3) is 4.57. The summed E-state index contributed by atoms with van der Waals surface area (Å²) in [4.78, 5) is 2.14. The van der Waals surface area contributed by atoms with Crippen molar-refractivity contribution in [1.29, 1.82) is 5.26 Å². The van der Waals surface area contributed by atoms with E-state index in [1.165, 1.54) is 13.2 Å². The third-order valence-electron chi connectivity index (χ3n) is 5.74. The molecule has 0 aromatic heterocycles. The maximum absolute atomic E-state index is 14.2. The van der Waals surface area contributed by atoms with Crippen LogP contribution in [0.1, 0.15) is 17.5 Å². The number of hydrogen-bond donors (Lipinski definition) is 1. The summed E-state index contributed by atoms with van der Waals surface area (Å²) in [6.07, 6.45) is 0.451. The molecule has 1 N–H and O–H groups in total. The van der Waals surface area contributed by atoms with E-state index < -0.39 is 0 Å². The van der Waals surface area contributed by atoms with E-state index in [4.69, 9.17) is 19.5 Å². The lowest BCUT2D eigenvalue weighted by atomic mass is 9.83. The Bertz CT molecular complexity index is 899. The largest absolute Gasteiger partial charge is 0.494 e. The summed E-state index contributed by atoms with van der Waals surface area (Å²) in [6.45, 7) is 4.51. The monoisotopic (exact) mass is 411 g/mol. The lowest BCUT2D eigenvalue weighted by molar-refractivity contribution is -0.239. The van der Waals surface area contributed by atoms with Crippen LogP contribution in [0.4, 0.5) is 10.1 Å². The Balaban J connectivity index is 1.44. The second-order valence-corrected chi connectivity index (χ2v) is 7.99. The average Bonchev–Trinajstić information content (AvgIpc) is 2.76. The molecule has 0 radical (unpaired) electrons. The van der Waals surface area contributed by atoms with E-state index in [-0.39, 0.29) is 23.3 Å². The molecule has 2 aromatic carbocycles. The number of benzene rings is 2. The summed E-state index contributed by atoms with van der Waals surface area (Å²) in [6, 6.07) is 14.5. The lowest BCUT2D eigenvalue weighted by Gasteiger charge is -2.46. The van der Waals surface area contributed by atoms with E-state index in [1.54, 1.807) is 18.2 Å². The molecule has 2 aromatic rings. The topological polar surface area (TPSA) is 66.8 Å². The van der Waals surface area contributed by atoms with Crippen molar-refractivity contribution in [2.75, 3.05) is 44.9 Å². The van der Waals surface area contributed by atoms with Crippen molar-refractivity contribution in [2.45, 2.75) is 19.3 Å². The fourth-order valence-corrected chi connectivity index (χ4v) is 3.81. The number of hydrogen-bond acceptors (Lipinski definition) is 6. The second-order valence-electron chi connectivity index (χ2n) is 7.99. The lowest BCUT2D eigenvalue weighted by Crippen LogP contribution is -2.61. The number of rotatable bonds is 7. The van der Waals surface area contributed by atoms with Crippen LogP contribution in [0.15, 0.2) is 42.5 Å². The number of ether oxygens (including phenoxy) is 3. The SMILES string of the molecule is COc1ccc(CN(CCC2OCC3(CNC3)CO2)c2ccc(C#N)cc2)cc1F. The predicted octanol–water partition coefficient (Wildman–Crippen LogP) is 3.07. The van der Waals surface area contributed by atoms with E-state index in [0.717, 1.165) is 24.3 Å². The second kappa shape index (κ2) is 9.00. The van der Waals surface area contributed by atoms with E-state index >= 15 is 0 Å². The van der Waals surface area contributed by atoms with Crippen LogP contribution >= 0.6 is 0 Å². The first-order valence-electron chi connectivity index (χ1n) is 10.1. The first kappa shape index (κ1) is 20.6. The van der Waals surface area contributed by atoms with Crippen molar-refractivity contribution in [1.82, 2.24) is 5.32 Å².